The molecule has 0 saturated carbocycles. The molecule has 4 rings (SSSR count). The molecule has 0 spiro atoms. The highest BCUT2D eigenvalue weighted by Crippen LogP contribution is 2.25. The Morgan fingerprint density at radius 2 is 2.00 bits per heavy atom. The molecule has 2 amide bonds. The Morgan fingerprint density at radius 3 is 2.58 bits per heavy atom. The van der Waals surface area contributed by atoms with Crippen molar-refractivity contribution in [3.8, 4) is 0 Å². The third-order valence-electron chi connectivity index (χ3n) is 6.05. The molecule has 9 heteroatoms. The van der Waals surface area contributed by atoms with Crippen molar-refractivity contribution in [2.45, 2.75) is 44.7 Å². The van der Waals surface area contributed by atoms with Crippen LogP contribution in [0, 0.1) is 5.92 Å². The second-order valence-electron chi connectivity index (χ2n) is 8.35. The van der Waals surface area contributed by atoms with E-state index < -0.39 is 0 Å². The van der Waals surface area contributed by atoms with Gasteiger partial charge in [0.05, 0.1) is 17.5 Å². The number of carbonyl (C=O) groups is 2. The number of likely N-dealkylation sites (N-methyl/N-ethyl adjacent to an activating group) is 1. The summed E-state index contributed by atoms with van der Waals surface area (Å²) in [7, 11) is 5.61. The summed E-state index contributed by atoms with van der Waals surface area (Å²) in [6.07, 6.45) is 3.76. The molecule has 3 aliphatic rings. The Labute approximate surface area is 188 Å². The molecular formula is C22H34N6O2S. The fraction of sp³-hybridized carbons (Fsp3) is 0.636. The molecule has 1 saturated heterocycles. The molecule has 2 N–H and O–H groups in total. The van der Waals surface area contributed by atoms with Crippen LogP contribution in [0.4, 0.5) is 0 Å². The van der Waals surface area contributed by atoms with E-state index in [0.29, 0.717) is 24.7 Å². The lowest BCUT2D eigenvalue weighted by atomic mass is 9.87. The average Bonchev–Trinajstić information content (AvgIpc) is 3.31. The van der Waals surface area contributed by atoms with Gasteiger partial charge in [0, 0.05) is 19.9 Å². The van der Waals surface area contributed by atoms with Gasteiger partial charge in [-0.05, 0) is 57.4 Å². The SMILES string of the molecule is CCC1=NC(C2CCNCC2)CC(=O)N1C.CN(C)C1CN=C(c2cccs2)NC1=O. The molecule has 1 aromatic heterocycles. The largest absolute Gasteiger partial charge is 0.317 e. The maximum Gasteiger partial charge on any atom is 0.244 e. The maximum atomic E-state index is 11.8. The monoisotopic (exact) mass is 446 g/mol. The highest BCUT2D eigenvalue weighted by molar-refractivity contribution is 7.12. The summed E-state index contributed by atoms with van der Waals surface area (Å²) in [5.74, 6) is 2.52. The van der Waals surface area contributed by atoms with Crippen LogP contribution in [-0.4, -0.2) is 86.1 Å². The zero-order chi connectivity index (χ0) is 22.4. The number of piperidine rings is 1. The van der Waals surface area contributed by atoms with E-state index in [-0.39, 0.29) is 23.9 Å². The lowest BCUT2D eigenvalue weighted by Crippen LogP contribution is -2.51. The Morgan fingerprint density at radius 1 is 1.26 bits per heavy atom. The molecule has 1 aromatic rings. The predicted octanol–water partition coefficient (Wildman–Crippen LogP) is 1.58. The van der Waals surface area contributed by atoms with Crippen LogP contribution >= 0.6 is 11.3 Å². The molecule has 170 valence electrons. The highest BCUT2D eigenvalue weighted by Gasteiger charge is 2.31. The van der Waals surface area contributed by atoms with Crippen LogP contribution in [0.15, 0.2) is 27.5 Å². The first-order valence-electron chi connectivity index (χ1n) is 11.0. The third-order valence-corrected chi connectivity index (χ3v) is 6.93. The highest BCUT2D eigenvalue weighted by atomic mass is 32.1. The topological polar surface area (TPSA) is 89.4 Å². The molecule has 0 radical (unpaired) electrons. The van der Waals surface area contributed by atoms with E-state index in [4.69, 9.17) is 4.99 Å². The van der Waals surface area contributed by atoms with Gasteiger partial charge >= 0.3 is 0 Å². The minimum Gasteiger partial charge on any atom is -0.317 e. The van der Waals surface area contributed by atoms with E-state index in [1.54, 1.807) is 16.2 Å². The number of hydrogen-bond donors (Lipinski definition) is 2. The van der Waals surface area contributed by atoms with Crippen molar-refractivity contribution in [3.05, 3.63) is 22.4 Å². The lowest BCUT2D eigenvalue weighted by molar-refractivity contribution is -0.128. The second-order valence-corrected chi connectivity index (χ2v) is 9.29. The van der Waals surface area contributed by atoms with Gasteiger partial charge in [-0.3, -0.25) is 24.5 Å². The minimum absolute atomic E-state index is 0.0263. The number of nitrogens with one attached hydrogen (secondary N) is 2. The van der Waals surface area contributed by atoms with Gasteiger partial charge in [0.2, 0.25) is 11.8 Å². The van der Waals surface area contributed by atoms with E-state index >= 15 is 0 Å². The van der Waals surface area contributed by atoms with Crippen molar-refractivity contribution in [1.29, 1.82) is 0 Å². The van der Waals surface area contributed by atoms with Gasteiger partial charge in [0.25, 0.3) is 0 Å². The van der Waals surface area contributed by atoms with E-state index in [0.717, 1.165) is 43.1 Å². The summed E-state index contributed by atoms with van der Waals surface area (Å²) < 4.78 is 0. The molecule has 3 aliphatic heterocycles. The molecule has 2 unspecified atom stereocenters. The lowest BCUT2D eigenvalue weighted by Gasteiger charge is -2.34. The van der Waals surface area contributed by atoms with Gasteiger partial charge in [-0.1, -0.05) is 13.0 Å². The normalized spacial score (nSPS) is 24.9. The first-order chi connectivity index (χ1) is 14.9. The van der Waals surface area contributed by atoms with Crippen molar-refractivity contribution in [2.75, 3.05) is 40.8 Å². The number of amides is 2. The molecule has 31 heavy (non-hydrogen) atoms. The molecule has 0 bridgehead atoms. The van der Waals surface area contributed by atoms with E-state index in [1.165, 1.54) is 0 Å². The van der Waals surface area contributed by atoms with Gasteiger partial charge in [0.1, 0.15) is 17.7 Å². The average molecular weight is 447 g/mol. The van der Waals surface area contributed by atoms with Gasteiger partial charge in [-0.2, -0.15) is 0 Å². The van der Waals surface area contributed by atoms with Crippen LogP contribution < -0.4 is 10.6 Å². The summed E-state index contributed by atoms with van der Waals surface area (Å²) in [5.41, 5.74) is 0. The Bertz CT molecular complexity index is 814. The number of amidine groups is 2. The fourth-order valence-electron chi connectivity index (χ4n) is 4.06. The number of rotatable bonds is 4. The van der Waals surface area contributed by atoms with Crippen molar-refractivity contribution in [3.63, 3.8) is 0 Å². The zero-order valence-electron chi connectivity index (χ0n) is 18.9. The van der Waals surface area contributed by atoms with Crippen molar-refractivity contribution < 1.29 is 9.59 Å². The summed E-state index contributed by atoms with van der Waals surface area (Å²) in [4.78, 5) is 37.3. The number of aliphatic imine (C=N–C) groups is 2. The Kier molecular flexibility index (Phi) is 8.34. The van der Waals surface area contributed by atoms with Crippen LogP contribution in [0.5, 0.6) is 0 Å². The molecule has 1 fully saturated rings. The molecule has 0 aliphatic carbocycles. The standard InChI is InChI=1S/C12H21N3O.C10H13N3OS/c1-3-11-14-10(8-12(16)15(11)2)9-4-6-13-7-5-9;1-13(2)7-6-11-9(12-10(7)14)8-4-3-5-15-8/h9-10,13H,3-8H2,1-2H3;3-5,7H,6H2,1-2H3,(H,11,12,14). The number of thiophene rings is 1. The van der Waals surface area contributed by atoms with Crippen LogP contribution in [0.1, 0.15) is 37.5 Å². The summed E-state index contributed by atoms with van der Waals surface area (Å²) in [6, 6.07) is 4.00. The summed E-state index contributed by atoms with van der Waals surface area (Å²) in [6.45, 7) is 4.74. The first kappa shape index (κ1) is 23.6. The fourth-order valence-corrected chi connectivity index (χ4v) is 4.75. The van der Waals surface area contributed by atoms with Crippen LogP contribution in [-0.2, 0) is 9.59 Å². The maximum absolute atomic E-state index is 11.8. The smallest absolute Gasteiger partial charge is 0.244 e. The minimum atomic E-state index is -0.145. The van der Waals surface area contributed by atoms with E-state index in [2.05, 4.69) is 22.5 Å². The van der Waals surface area contributed by atoms with Gasteiger partial charge < -0.3 is 15.5 Å². The predicted molar refractivity (Wildman–Crippen MR) is 126 cm³/mol. The van der Waals surface area contributed by atoms with Gasteiger partial charge in [-0.25, -0.2) is 0 Å². The van der Waals surface area contributed by atoms with Crippen molar-refractivity contribution in [1.82, 2.24) is 20.4 Å². The quantitative estimate of drug-likeness (QED) is 0.735. The number of hydrogen-bond acceptors (Lipinski definition) is 7. The van der Waals surface area contributed by atoms with Crippen molar-refractivity contribution >= 4 is 34.8 Å². The van der Waals surface area contributed by atoms with E-state index in [1.807, 2.05) is 43.6 Å². The summed E-state index contributed by atoms with van der Waals surface area (Å²) in [5, 5.41) is 8.16. The molecule has 8 nitrogen and oxygen atoms in total. The van der Waals surface area contributed by atoms with Crippen molar-refractivity contribution in [2.24, 2.45) is 15.9 Å². The molecule has 2 atom stereocenters. The Balaban J connectivity index is 0.000000176. The first-order valence-corrected chi connectivity index (χ1v) is 11.9. The van der Waals surface area contributed by atoms with Crippen LogP contribution in [0.2, 0.25) is 0 Å². The van der Waals surface area contributed by atoms with Gasteiger partial charge in [-0.15, -0.1) is 11.3 Å². The second kappa shape index (κ2) is 11.0. The number of nitrogens with zero attached hydrogens (tertiary/aromatic N) is 4. The summed E-state index contributed by atoms with van der Waals surface area (Å²) >= 11 is 1.58. The van der Waals surface area contributed by atoms with Crippen LogP contribution in [0.25, 0.3) is 0 Å². The Hall–Kier alpha value is -2.10. The molecule has 0 aromatic carbocycles. The zero-order valence-corrected chi connectivity index (χ0v) is 19.7. The van der Waals surface area contributed by atoms with E-state index in [9.17, 15) is 9.59 Å². The molecule has 4 heterocycles. The number of carbonyl (C=O) groups excluding carboxylic acids is 2. The van der Waals surface area contributed by atoms with Gasteiger partial charge in [0.15, 0.2) is 0 Å². The van der Waals surface area contributed by atoms with Crippen LogP contribution in [0.3, 0.4) is 0 Å². The third kappa shape index (κ3) is 5.99. The molecular weight excluding hydrogens is 412 g/mol.